The van der Waals surface area contributed by atoms with E-state index in [2.05, 4.69) is 5.32 Å². The molecule has 0 radical (unpaired) electrons. The van der Waals surface area contributed by atoms with Gasteiger partial charge >= 0.3 is 11.9 Å². The molecule has 3 heterocycles. The molecule has 2 fully saturated rings. The standard InChI is InChI=1S/C18H18N2O6S2/c1-9(21)26-8-11-14(17(24)25)20-15(23)13(16(20)28-18(11)4-5-18)19-12(22)7-10-3-2-6-27-10/h2-3,6,13,16H,4-5,7-8H2,1H3,(H,19,22)(H,24,25)/t13-,16-/m1/s1. The highest BCUT2D eigenvalue weighted by Gasteiger charge is 2.63. The lowest BCUT2D eigenvalue weighted by Gasteiger charge is -2.51. The number of aliphatic carboxylic acids is 1. The fraction of sp³-hybridized carbons (Fsp3) is 0.444. The number of carboxylic acid groups (broad SMARTS) is 1. The summed E-state index contributed by atoms with van der Waals surface area (Å²) >= 11 is 2.93. The number of nitrogens with one attached hydrogen (secondary N) is 1. The lowest BCUT2D eigenvalue weighted by atomic mass is 9.99. The molecule has 2 aliphatic heterocycles. The van der Waals surface area contributed by atoms with Crippen LogP contribution >= 0.6 is 23.1 Å². The van der Waals surface area contributed by atoms with E-state index in [0.29, 0.717) is 5.57 Å². The molecule has 1 aliphatic carbocycles. The first kappa shape index (κ1) is 19.0. The SMILES string of the molecule is CC(=O)OCC1=C(C(=O)O)N2C(=O)[C@@H](NC(=O)Cc3cccs3)[C@H]2SC12CC2. The first-order valence-corrected chi connectivity index (χ1v) is 10.5. The molecule has 28 heavy (non-hydrogen) atoms. The second-order valence-corrected chi connectivity index (χ2v) is 9.46. The fourth-order valence-corrected chi connectivity index (χ4v) is 5.99. The van der Waals surface area contributed by atoms with Crippen molar-refractivity contribution >= 4 is 46.9 Å². The average molecular weight is 422 g/mol. The van der Waals surface area contributed by atoms with E-state index in [1.807, 2.05) is 17.5 Å². The van der Waals surface area contributed by atoms with Crippen molar-refractivity contribution in [1.82, 2.24) is 10.2 Å². The van der Waals surface area contributed by atoms with Gasteiger partial charge in [0.25, 0.3) is 5.91 Å². The number of rotatable bonds is 6. The topological polar surface area (TPSA) is 113 Å². The molecule has 1 saturated heterocycles. The van der Waals surface area contributed by atoms with Gasteiger partial charge in [0.2, 0.25) is 5.91 Å². The molecule has 10 heteroatoms. The molecule has 4 rings (SSSR count). The van der Waals surface area contributed by atoms with E-state index in [0.717, 1.165) is 17.7 Å². The van der Waals surface area contributed by atoms with Crippen LogP contribution in [0.5, 0.6) is 0 Å². The predicted octanol–water partition coefficient (Wildman–Crippen LogP) is 1.12. The maximum atomic E-state index is 12.7. The number of carbonyl (C=O) groups excluding carboxylic acids is 3. The van der Waals surface area contributed by atoms with Gasteiger partial charge in [0.1, 0.15) is 23.7 Å². The summed E-state index contributed by atoms with van der Waals surface area (Å²) < 4.78 is 4.61. The number of amides is 2. The molecule has 2 amide bonds. The summed E-state index contributed by atoms with van der Waals surface area (Å²) in [6.07, 6.45) is 1.68. The molecule has 1 saturated carbocycles. The molecule has 1 aromatic rings. The zero-order valence-corrected chi connectivity index (χ0v) is 16.6. The summed E-state index contributed by atoms with van der Waals surface area (Å²) in [5.41, 5.74) is 0.351. The van der Waals surface area contributed by atoms with Gasteiger partial charge in [0, 0.05) is 22.1 Å². The molecule has 1 aromatic heterocycles. The Morgan fingerprint density at radius 1 is 1.39 bits per heavy atom. The zero-order valence-electron chi connectivity index (χ0n) is 15.0. The maximum Gasteiger partial charge on any atom is 0.352 e. The summed E-state index contributed by atoms with van der Waals surface area (Å²) in [4.78, 5) is 50.2. The van der Waals surface area contributed by atoms with Crippen LogP contribution in [0, 0.1) is 0 Å². The number of nitrogens with zero attached hydrogens (tertiary/aromatic N) is 1. The quantitative estimate of drug-likeness (QED) is 0.522. The van der Waals surface area contributed by atoms with Gasteiger partial charge in [0.05, 0.1) is 6.42 Å². The third-order valence-electron chi connectivity index (χ3n) is 5.02. The van der Waals surface area contributed by atoms with Gasteiger partial charge in [-0.2, -0.15) is 0 Å². The van der Waals surface area contributed by atoms with Crippen molar-refractivity contribution in [2.45, 2.75) is 42.3 Å². The Hall–Kier alpha value is -2.33. The number of thioether (sulfide) groups is 1. The van der Waals surface area contributed by atoms with Gasteiger partial charge in [-0.3, -0.25) is 19.3 Å². The normalized spacial score (nSPS) is 24.5. The zero-order chi connectivity index (χ0) is 20.1. The summed E-state index contributed by atoms with van der Waals surface area (Å²) in [6.45, 7) is 1.11. The van der Waals surface area contributed by atoms with E-state index < -0.39 is 34.0 Å². The first-order valence-electron chi connectivity index (χ1n) is 8.75. The van der Waals surface area contributed by atoms with Gasteiger partial charge in [-0.05, 0) is 24.3 Å². The lowest BCUT2D eigenvalue weighted by molar-refractivity contribution is -0.151. The van der Waals surface area contributed by atoms with Crippen LogP contribution in [-0.4, -0.2) is 56.5 Å². The lowest BCUT2D eigenvalue weighted by Crippen LogP contribution is -2.71. The van der Waals surface area contributed by atoms with Crippen molar-refractivity contribution in [1.29, 1.82) is 0 Å². The number of thiophene rings is 1. The minimum atomic E-state index is -1.23. The molecule has 148 valence electrons. The van der Waals surface area contributed by atoms with E-state index in [4.69, 9.17) is 4.74 Å². The van der Waals surface area contributed by atoms with Crippen molar-refractivity contribution in [2.24, 2.45) is 0 Å². The van der Waals surface area contributed by atoms with E-state index in [1.54, 1.807) is 0 Å². The van der Waals surface area contributed by atoms with Crippen molar-refractivity contribution in [2.75, 3.05) is 6.61 Å². The monoisotopic (exact) mass is 422 g/mol. The van der Waals surface area contributed by atoms with Gasteiger partial charge in [-0.25, -0.2) is 4.79 Å². The summed E-state index contributed by atoms with van der Waals surface area (Å²) in [5.74, 6) is -2.45. The molecule has 2 N–H and O–H groups in total. The first-order chi connectivity index (χ1) is 13.3. The molecule has 8 nitrogen and oxygen atoms in total. The third kappa shape index (κ3) is 3.20. The van der Waals surface area contributed by atoms with Gasteiger partial charge in [-0.15, -0.1) is 23.1 Å². The van der Waals surface area contributed by atoms with Gasteiger partial charge in [-0.1, -0.05) is 6.07 Å². The molecule has 1 spiro atoms. The fourth-order valence-electron chi connectivity index (χ4n) is 3.55. The van der Waals surface area contributed by atoms with Crippen LogP contribution in [0.2, 0.25) is 0 Å². The molecule has 0 aromatic carbocycles. The molecule has 2 atom stereocenters. The highest BCUT2D eigenvalue weighted by molar-refractivity contribution is 8.02. The van der Waals surface area contributed by atoms with Crippen LogP contribution in [0.25, 0.3) is 0 Å². The van der Waals surface area contributed by atoms with Crippen LogP contribution < -0.4 is 5.32 Å². The van der Waals surface area contributed by atoms with E-state index >= 15 is 0 Å². The van der Waals surface area contributed by atoms with Crippen molar-refractivity contribution in [3.63, 3.8) is 0 Å². The van der Waals surface area contributed by atoms with Crippen LogP contribution in [-0.2, 0) is 30.3 Å². The van der Waals surface area contributed by atoms with Crippen LogP contribution in [0.15, 0.2) is 28.8 Å². The Labute approximate surface area is 168 Å². The van der Waals surface area contributed by atoms with Crippen molar-refractivity contribution < 1.29 is 29.0 Å². The number of esters is 1. The van der Waals surface area contributed by atoms with Crippen molar-refractivity contribution in [3.05, 3.63) is 33.7 Å². The number of hydrogen-bond acceptors (Lipinski definition) is 7. The Morgan fingerprint density at radius 3 is 2.71 bits per heavy atom. The van der Waals surface area contributed by atoms with Crippen LogP contribution in [0.4, 0.5) is 0 Å². The number of fused-ring (bicyclic) bond motifs is 1. The highest BCUT2D eigenvalue weighted by atomic mass is 32.2. The number of ether oxygens (including phenoxy) is 1. The van der Waals surface area contributed by atoms with Gasteiger partial charge in [0.15, 0.2) is 0 Å². The second kappa shape index (κ2) is 6.93. The second-order valence-electron chi connectivity index (χ2n) is 6.92. The Morgan fingerprint density at radius 2 is 2.14 bits per heavy atom. The van der Waals surface area contributed by atoms with Crippen molar-refractivity contribution in [3.8, 4) is 0 Å². The minimum absolute atomic E-state index is 0.115. The maximum absolute atomic E-state index is 12.7. The predicted molar refractivity (Wildman–Crippen MR) is 101 cm³/mol. The van der Waals surface area contributed by atoms with Crippen LogP contribution in [0.1, 0.15) is 24.6 Å². The summed E-state index contributed by atoms with van der Waals surface area (Å²) in [7, 11) is 0. The Balaban J connectivity index is 1.54. The van der Waals surface area contributed by atoms with E-state index in [9.17, 15) is 24.3 Å². The average Bonchev–Trinajstić information content (AvgIpc) is 3.21. The molecule has 0 unspecified atom stereocenters. The Bertz CT molecular complexity index is 890. The number of carboxylic acids is 1. The largest absolute Gasteiger partial charge is 0.477 e. The summed E-state index contributed by atoms with van der Waals surface area (Å²) in [6, 6.07) is 2.95. The molecule has 3 aliphatic rings. The minimum Gasteiger partial charge on any atom is -0.477 e. The molecular formula is C18H18N2O6S2. The van der Waals surface area contributed by atoms with Gasteiger partial charge < -0.3 is 15.2 Å². The summed E-state index contributed by atoms with van der Waals surface area (Å²) in [5, 5.41) is 13.9. The van der Waals surface area contributed by atoms with E-state index in [-0.39, 0.29) is 24.6 Å². The highest BCUT2D eigenvalue weighted by Crippen LogP contribution is 2.62. The molecular weight excluding hydrogens is 404 g/mol. The van der Waals surface area contributed by atoms with E-state index in [1.165, 1.54) is 34.9 Å². The number of hydrogen-bond donors (Lipinski definition) is 2. The smallest absolute Gasteiger partial charge is 0.352 e. The third-order valence-corrected chi connectivity index (χ3v) is 7.73. The van der Waals surface area contributed by atoms with Crippen LogP contribution in [0.3, 0.4) is 0 Å². The molecule has 0 bridgehead atoms. The Kier molecular flexibility index (Phi) is 4.70. The number of carbonyl (C=O) groups is 4. The number of β-lactam (4-membered cyclic amide) rings is 1.